The summed E-state index contributed by atoms with van der Waals surface area (Å²) < 4.78 is 0. The molecule has 1 aliphatic carbocycles. The van der Waals surface area contributed by atoms with Crippen molar-refractivity contribution in [1.82, 2.24) is 5.32 Å². The average molecular weight is 338 g/mol. The first kappa shape index (κ1) is 16.9. The van der Waals surface area contributed by atoms with Crippen molar-refractivity contribution in [2.45, 2.75) is 39.4 Å². The minimum atomic E-state index is -0.117. The SMILES string of the molecule is CC1C(C#N)=C(SCc2ccccc2)NC2=C1C(=O)CC(C)(C)C2. The molecule has 0 fully saturated rings. The second kappa shape index (κ2) is 6.49. The molecule has 1 heterocycles. The number of carbonyl (C=O) groups excluding carboxylic acids is 1. The lowest BCUT2D eigenvalue weighted by molar-refractivity contribution is -0.118. The third-order valence-corrected chi connectivity index (χ3v) is 5.73. The lowest BCUT2D eigenvalue weighted by atomic mass is 9.71. The van der Waals surface area contributed by atoms with E-state index in [0.29, 0.717) is 12.0 Å². The Kier molecular flexibility index (Phi) is 4.56. The number of hydrogen-bond donors (Lipinski definition) is 1. The molecule has 1 aliphatic heterocycles. The molecule has 0 bridgehead atoms. The minimum absolute atomic E-state index is 0.0258. The second-order valence-electron chi connectivity index (χ2n) is 7.31. The molecule has 1 N–H and O–H groups in total. The van der Waals surface area contributed by atoms with Crippen LogP contribution >= 0.6 is 11.8 Å². The van der Waals surface area contributed by atoms with Gasteiger partial charge in [0.25, 0.3) is 0 Å². The first-order chi connectivity index (χ1) is 11.4. The molecule has 0 amide bonds. The Morgan fingerprint density at radius 1 is 1.29 bits per heavy atom. The zero-order chi connectivity index (χ0) is 17.3. The number of allylic oxidation sites excluding steroid dienone is 3. The van der Waals surface area contributed by atoms with Crippen LogP contribution in [0.1, 0.15) is 39.2 Å². The van der Waals surface area contributed by atoms with Crippen molar-refractivity contribution < 1.29 is 4.79 Å². The van der Waals surface area contributed by atoms with Crippen molar-refractivity contribution in [2.24, 2.45) is 11.3 Å². The number of carbonyl (C=O) groups is 1. The van der Waals surface area contributed by atoms with Gasteiger partial charge in [-0.05, 0) is 17.4 Å². The van der Waals surface area contributed by atoms with Crippen LogP contribution < -0.4 is 5.32 Å². The van der Waals surface area contributed by atoms with Gasteiger partial charge in [-0.1, -0.05) is 51.1 Å². The van der Waals surface area contributed by atoms with Crippen LogP contribution in [0.25, 0.3) is 0 Å². The molecule has 3 nitrogen and oxygen atoms in total. The summed E-state index contributed by atoms with van der Waals surface area (Å²) in [5.41, 5.74) is 3.71. The molecule has 2 aliphatic rings. The Morgan fingerprint density at radius 3 is 2.67 bits per heavy atom. The van der Waals surface area contributed by atoms with Gasteiger partial charge >= 0.3 is 0 Å². The Hall–Kier alpha value is -1.99. The van der Waals surface area contributed by atoms with Crippen molar-refractivity contribution in [1.29, 1.82) is 5.26 Å². The van der Waals surface area contributed by atoms with E-state index in [4.69, 9.17) is 0 Å². The molecule has 4 heteroatoms. The van der Waals surface area contributed by atoms with E-state index in [-0.39, 0.29) is 17.1 Å². The summed E-state index contributed by atoms with van der Waals surface area (Å²) in [6.45, 7) is 6.23. The van der Waals surface area contributed by atoms with E-state index >= 15 is 0 Å². The quantitative estimate of drug-likeness (QED) is 0.879. The summed E-state index contributed by atoms with van der Waals surface area (Å²) >= 11 is 1.64. The average Bonchev–Trinajstić information content (AvgIpc) is 2.52. The molecule has 0 radical (unpaired) electrons. The third kappa shape index (κ3) is 3.27. The molecule has 1 aromatic rings. The van der Waals surface area contributed by atoms with Crippen LogP contribution in [0.3, 0.4) is 0 Å². The topological polar surface area (TPSA) is 52.9 Å². The summed E-state index contributed by atoms with van der Waals surface area (Å²) in [4.78, 5) is 12.6. The normalized spacial score (nSPS) is 22.8. The molecule has 1 aromatic carbocycles. The number of Topliss-reactive ketones (excluding diaryl/α,β-unsaturated/α-hetero) is 1. The number of ketones is 1. The van der Waals surface area contributed by atoms with E-state index in [0.717, 1.165) is 28.5 Å². The van der Waals surface area contributed by atoms with Crippen molar-refractivity contribution in [3.8, 4) is 6.07 Å². The van der Waals surface area contributed by atoms with Gasteiger partial charge in [0.05, 0.1) is 16.7 Å². The molecular formula is C20H22N2OS. The predicted molar refractivity (Wildman–Crippen MR) is 97.7 cm³/mol. The molecule has 124 valence electrons. The van der Waals surface area contributed by atoms with Crippen LogP contribution in [0.15, 0.2) is 52.2 Å². The maximum Gasteiger partial charge on any atom is 0.161 e. The Labute approximate surface area is 147 Å². The number of benzene rings is 1. The maximum absolute atomic E-state index is 12.6. The smallest absolute Gasteiger partial charge is 0.161 e. The van der Waals surface area contributed by atoms with Gasteiger partial charge in [0.1, 0.15) is 0 Å². The molecule has 0 spiro atoms. The fourth-order valence-corrected chi connectivity index (χ4v) is 4.56. The molecule has 0 saturated carbocycles. The zero-order valence-corrected chi connectivity index (χ0v) is 15.2. The second-order valence-corrected chi connectivity index (χ2v) is 8.29. The van der Waals surface area contributed by atoms with E-state index in [9.17, 15) is 10.1 Å². The summed E-state index contributed by atoms with van der Waals surface area (Å²) in [7, 11) is 0. The van der Waals surface area contributed by atoms with Crippen LogP contribution in [0, 0.1) is 22.7 Å². The van der Waals surface area contributed by atoms with Gasteiger partial charge in [0, 0.05) is 29.4 Å². The van der Waals surface area contributed by atoms with Crippen LogP contribution in [0.4, 0.5) is 0 Å². The van der Waals surface area contributed by atoms with E-state index in [1.165, 1.54) is 5.56 Å². The van der Waals surface area contributed by atoms with E-state index in [1.807, 2.05) is 25.1 Å². The van der Waals surface area contributed by atoms with Crippen molar-refractivity contribution in [3.63, 3.8) is 0 Å². The lowest BCUT2D eigenvalue weighted by Gasteiger charge is -2.37. The fourth-order valence-electron chi connectivity index (χ4n) is 3.49. The van der Waals surface area contributed by atoms with Crippen molar-refractivity contribution >= 4 is 17.5 Å². The first-order valence-corrected chi connectivity index (χ1v) is 9.24. The summed E-state index contributed by atoms with van der Waals surface area (Å²) in [6.07, 6.45) is 1.41. The number of nitriles is 1. The highest BCUT2D eigenvalue weighted by molar-refractivity contribution is 8.02. The highest BCUT2D eigenvalue weighted by Gasteiger charge is 2.39. The molecule has 0 aromatic heterocycles. The van der Waals surface area contributed by atoms with Crippen LogP contribution in [0.5, 0.6) is 0 Å². The van der Waals surface area contributed by atoms with Crippen LogP contribution in [-0.2, 0) is 10.5 Å². The van der Waals surface area contributed by atoms with Crippen molar-refractivity contribution in [2.75, 3.05) is 0 Å². The van der Waals surface area contributed by atoms with Crippen LogP contribution in [0.2, 0.25) is 0 Å². The highest BCUT2D eigenvalue weighted by Crippen LogP contribution is 2.44. The van der Waals surface area contributed by atoms with Gasteiger partial charge in [0.15, 0.2) is 5.78 Å². The predicted octanol–water partition coefficient (Wildman–Crippen LogP) is 4.54. The number of dihydropyridines is 1. The first-order valence-electron chi connectivity index (χ1n) is 8.25. The van der Waals surface area contributed by atoms with Gasteiger partial charge in [-0.2, -0.15) is 5.26 Å². The summed E-state index contributed by atoms with van der Waals surface area (Å²) in [5, 5.41) is 13.9. The highest BCUT2D eigenvalue weighted by atomic mass is 32.2. The van der Waals surface area contributed by atoms with Crippen LogP contribution in [-0.4, -0.2) is 5.78 Å². The van der Waals surface area contributed by atoms with Gasteiger partial charge < -0.3 is 5.32 Å². The van der Waals surface area contributed by atoms with Gasteiger partial charge in [-0.25, -0.2) is 0 Å². The van der Waals surface area contributed by atoms with E-state index in [2.05, 4.69) is 37.4 Å². The molecular weight excluding hydrogens is 316 g/mol. The fraction of sp³-hybridized carbons (Fsp3) is 0.400. The number of nitrogens with one attached hydrogen (secondary N) is 1. The number of rotatable bonds is 3. The summed E-state index contributed by atoms with van der Waals surface area (Å²) in [5.74, 6) is 0.871. The van der Waals surface area contributed by atoms with Gasteiger partial charge in [-0.15, -0.1) is 11.8 Å². The molecule has 1 unspecified atom stereocenters. The Balaban J connectivity index is 1.86. The van der Waals surface area contributed by atoms with Crippen molar-refractivity contribution in [3.05, 3.63) is 57.8 Å². The largest absolute Gasteiger partial charge is 0.352 e. The number of hydrogen-bond acceptors (Lipinski definition) is 4. The third-order valence-electron chi connectivity index (χ3n) is 4.64. The minimum Gasteiger partial charge on any atom is -0.352 e. The molecule has 1 atom stereocenters. The Bertz CT molecular complexity index is 769. The monoisotopic (exact) mass is 338 g/mol. The van der Waals surface area contributed by atoms with E-state index < -0.39 is 0 Å². The van der Waals surface area contributed by atoms with E-state index in [1.54, 1.807) is 11.8 Å². The molecule has 3 rings (SSSR count). The summed E-state index contributed by atoms with van der Waals surface area (Å²) in [6, 6.07) is 12.5. The zero-order valence-electron chi connectivity index (χ0n) is 14.3. The molecule has 0 saturated heterocycles. The lowest BCUT2D eigenvalue weighted by Crippen LogP contribution is -2.36. The van der Waals surface area contributed by atoms with Gasteiger partial charge in [0.2, 0.25) is 0 Å². The standard InChI is InChI=1S/C20H22N2OS/c1-13-15(11-21)19(24-12-14-7-5-4-6-8-14)22-16-9-20(2,3)10-17(23)18(13)16/h4-8,13,22H,9-10,12H2,1-3H3. The molecule has 24 heavy (non-hydrogen) atoms. The maximum atomic E-state index is 12.6. The Morgan fingerprint density at radius 2 is 2.00 bits per heavy atom. The number of thioether (sulfide) groups is 1. The van der Waals surface area contributed by atoms with Gasteiger partial charge in [-0.3, -0.25) is 4.79 Å². The number of nitrogens with zero attached hydrogens (tertiary/aromatic N) is 1.